The third-order valence-corrected chi connectivity index (χ3v) is 4.61. The van der Waals surface area contributed by atoms with Crippen LogP contribution in [0.4, 0.5) is 0 Å². The van der Waals surface area contributed by atoms with E-state index in [1.807, 2.05) is 0 Å². The van der Waals surface area contributed by atoms with Crippen molar-refractivity contribution in [1.29, 1.82) is 0 Å². The molecule has 0 bridgehead atoms. The van der Waals surface area contributed by atoms with Gasteiger partial charge in [0.05, 0.1) is 32.8 Å². The molecule has 1 saturated heterocycles. The normalized spacial score (nSPS) is 16.4. The monoisotopic (exact) mass is 381 g/mol. The highest BCUT2D eigenvalue weighted by Gasteiger charge is 2.26. The molecule has 150 valence electrons. The number of hydrogen-bond donors (Lipinski definition) is 1. The van der Waals surface area contributed by atoms with Gasteiger partial charge in [-0.15, -0.1) is 0 Å². The number of likely N-dealkylation sites (tertiary alicyclic amines) is 1. The molecule has 27 heavy (non-hydrogen) atoms. The summed E-state index contributed by atoms with van der Waals surface area (Å²) in [5.41, 5.74) is 0.357. The van der Waals surface area contributed by atoms with Gasteiger partial charge in [0.25, 0.3) is 0 Å². The van der Waals surface area contributed by atoms with Crippen LogP contribution in [0.25, 0.3) is 0 Å². The van der Waals surface area contributed by atoms with E-state index in [1.54, 1.807) is 12.1 Å². The van der Waals surface area contributed by atoms with Gasteiger partial charge in [-0.2, -0.15) is 0 Å². The lowest BCUT2D eigenvalue weighted by Crippen LogP contribution is -2.42. The quantitative estimate of drug-likeness (QED) is 0.669. The Morgan fingerprint density at radius 2 is 1.85 bits per heavy atom. The molecule has 0 spiro atoms. The number of nitrogens with zero attached hydrogens (tertiary/aromatic N) is 1. The molecule has 8 heteroatoms. The van der Waals surface area contributed by atoms with Crippen molar-refractivity contribution >= 4 is 11.9 Å². The summed E-state index contributed by atoms with van der Waals surface area (Å²) in [5, 5.41) is 10.3. The number of ether oxygens (including phenoxy) is 4. The average molecular weight is 381 g/mol. The Morgan fingerprint density at radius 3 is 2.44 bits per heavy atom. The topological polar surface area (TPSA) is 94.5 Å². The lowest BCUT2D eigenvalue weighted by molar-refractivity contribution is -0.147. The Bertz CT molecular complexity index is 641. The van der Waals surface area contributed by atoms with E-state index in [9.17, 15) is 14.7 Å². The number of esters is 2. The number of aliphatic hydroxyl groups is 1. The van der Waals surface area contributed by atoms with Crippen molar-refractivity contribution in [2.45, 2.75) is 18.9 Å². The Morgan fingerprint density at radius 1 is 1.15 bits per heavy atom. The fraction of sp³-hybridized carbons (Fsp3) is 0.579. The maximum Gasteiger partial charge on any atom is 0.337 e. The molecule has 1 aliphatic heterocycles. The van der Waals surface area contributed by atoms with Gasteiger partial charge in [-0.25, -0.2) is 4.79 Å². The smallest absolute Gasteiger partial charge is 0.337 e. The van der Waals surface area contributed by atoms with E-state index in [0.29, 0.717) is 23.6 Å². The van der Waals surface area contributed by atoms with Gasteiger partial charge in [0.2, 0.25) is 0 Å². The van der Waals surface area contributed by atoms with Crippen LogP contribution in [0.3, 0.4) is 0 Å². The van der Waals surface area contributed by atoms with Crippen LogP contribution in [0.1, 0.15) is 23.2 Å². The van der Waals surface area contributed by atoms with E-state index in [-0.39, 0.29) is 18.5 Å². The van der Waals surface area contributed by atoms with Gasteiger partial charge >= 0.3 is 11.9 Å². The predicted molar refractivity (Wildman–Crippen MR) is 97.0 cm³/mol. The molecule has 1 aliphatic rings. The molecule has 0 radical (unpaired) electrons. The molecular weight excluding hydrogens is 354 g/mol. The number of aliphatic hydroxyl groups excluding tert-OH is 1. The molecule has 0 saturated carbocycles. The van der Waals surface area contributed by atoms with Crippen LogP contribution in [-0.2, 0) is 14.3 Å². The van der Waals surface area contributed by atoms with Crippen molar-refractivity contribution in [3.8, 4) is 11.5 Å². The SMILES string of the molecule is COC(=O)c1ccc(OCC(O)CN2CCC(C(=O)OC)CC2)c(OC)c1. The van der Waals surface area contributed by atoms with E-state index in [2.05, 4.69) is 9.64 Å². The Balaban J connectivity index is 1.83. The molecule has 1 fully saturated rings. The van der Waals surface area contributed by atoms with E-state index in [4.69, 9.17) is 14.2 Å². The lowest BCUT2D eigenvalue weighted by Gasteiger charge is -2.31. The van der Waals surface area contributed by atoms with Gasteiger partial charge in [-0.1, -0.05) is 0 Å². The number of carbonyl (C=O) groups is 2. The van der Waals surface area contributed by atoms with Crippen molar-refractivity contribution in [3.63, 3.8) is 0 Å². The van der Waals surface area contributed by atoms with Gasteiger partial charge < -0.3 is 29.0 Å². The second kappa shape index (κ2) is 10.1. The first-order valence-electron chi connectivity index (χ1n) is 8.85. The first-order chi connectivity index (χ1) is 13.0. The van der Waals surface area contributed by atoms with Crippen LogP contribution in [0.5, 0.6) is 11.5 Å². The van der Waals surface area contributed by atoms with Gasteiger partial charge in [0, 0.05) is 6.54 Å². The van der Waals surface area contributed by atoms with Crippen LogP contribution in [0.2, 0.25) is 0 Å². The van der Waals surface area contributed by atoms with Crippen LogP contribution < -0.4 is 9.47 Å². The molecule has 0 aliphatic carbocycles. The summed E-state index contributed by atoms with van der Waals surface area (Å²) in [7, 11) is 4.19. The average Bonchev–Trinajstić information content (AvgIpc) is 2.71. The minimum atomic E-state index is -0.690. The molecule has 1 atom stereocenters. The minimum Gasteiger partial charge on any atom is -0.493 e. The Labute approximate surface area is 159 Å². The van der Waals surface area contributed by atoms with Gasteiger partial charge in [0.15, 0.2) is 11.5 Å². The lowest BCUT2D eigenvalue weighted by atomic mass is 9.97. The summed E-state index contributed by atoms with van der Waals surface area (Å²) in [5.74, 6) is 0.145. The zero-order chi connectivity index (χ0) is 19.8. The molecular formula is C19H27NO7. The fourth-order valence-corrected chi connectivity index (χ4v) is 3.09. The number of benzene rings is 1. The molecule has 1 unspecified atom stereocenters. The summed E-state index contributed by atoms with van der Waals surface area (Å²) in [4.78, 5) is 25.2. The van der Waals surface area contributed by atoms with Crippen LogP contribution in [-0.4, -0.2) is 75.6 Å². The molecule has 0 amide bonds. The minimum absolute atomic E-state index is 0.0581. The highest BCUT2D eigenvalue weighted by atomic mass is 16.5. The van der Waals surface area contributed by atoms with E-state index < -0.39 is 12.1 Å². The number of hydrogen-bond acceptors (Lipinski definition) is 8. The first-order valence-corrected chi connectivity index (χ1v) is 8.85. The fourth-order valence-electron chi connectivity index (χ4n) is 3.09. The standard InChI is InChI=1S/C19H27NO7/c1-24-17-10-14(19(23)26-3)4-5-16(17)27-12-15(21)11-20-8-6-13(7-9-20)18(22)25-2/h4-5,10,13,15,21H,6-9,11-12H2,1-3H3. The van der Waals surface area contributed by atoms with Gasteiger partial charge in [0.1, 0.15) is 12.7 Å². The summed E-state index contributed by atoms with van der Waals surface area (Å²) in [6, 6.07) is 4.72. The number of piperidine rings is 1. The van der Waals surface area contributed by atoms with E-state index in [1.165, 1.54) is 27.4 Å². The summed E-state index contributed by atoms with van der Waals surface area (Å²) < 4.78 is 20.3. The van der Waals surface area contributed by atoms with Crippen LogP contribution in [0, 0.1) is 5.92 Å². The summed E-state index contributed by atoms with van der Waals surface area (Å²) >= 11 is 0. The second-order valence-electron chi connectivity index (χ2n) is 6.42. The molecule has 0 aromatic heterocycles. The highest BCUT2D eigenvalue weighted by molar-refractivity contribution is 5.90. The molecule has 8 nitrogen and oxygen atoms in total. The molecule has 1 aromatic carbocycles. The van der Waals surface area contributed by atoms with E-state index >= 15 is 0 Å². The molecule has 1 N–H and O–H groups in total. The Hall–Kier alpha value is -2.32. The number of β-amino-alcohol motifs (C(OH)–C–C–N with tert-alkyl or cyclic N) is 1. The van der Waals surface area contributed by atoms with Crippen molar-refractivity contribution < 1.29 is 33.6 Å². The summed E-state index contributed by atoms with van der Waals surface area (Å²) in [6.45, 7) is 2.00. The molecule has 1 aromatic rings. The zero-order valence-corrected chi connectivity index (χ0v) is 16.0. The van der Waals surface area contributed by atoms with Crippen LogP contribution >= 0.6 is 0 Å². The second-order valence-corrected chi connectivity index (χ2v) is 6.42. The number of methoxy groups -OCH3 is 3. The third kappa shape index (κ3) is 5.83. The third-order valence-electron chi connectivity index (χ3n) is 4.61. The predicted octanol–water partition coefficient (Wildman–Crippen LogP) is 1.11. The van der Waals surface area contributed by atoms with Crippen molar-refractivity contribution in [2.75, 3.05) is 47.6 Å². The van der Waals surface area contributed by atoms with Crippen molar-refractivity contribution in [2.24, 2.45) is 5.92 Å². The van der Waals surface area contributed by atoms with Crippen molar-refractivity contribution in [3.05, 3.63) is 23.8 Å². The van der Waals surface area contributed by atoms with E-state index in [0.717, 1.165) is 25.9 Å². The highest BCUT2D eigenvalue weighted by Crippen LogP contribution is 2.28. The van der Waals surface area contributed by atoms with Crippen molar-refractivity contribution in [1.82, 2.24) is 4.90 Å². The Kier molecular flexibility index (Phi) is 7.87. The summed E-state index contributed by atoms with van der Waals surface area (Å²) in [6.07, 6.45) is 0.760. The number of carbonyl (C=O) groups excluding carboxylic acids is 2. The maximum absolute atomic E-state index is 11.6. The molecule has 1 heterocycles. The van der Waals surface area contributed by atoms with Gasteiger partial charge in [-0.05, 0) is 44.1 Å². The van der Waals surface area contributed by atoms with Crippen LogP contribution in [0.15, 0.2) is 18.2 Å². The van der Waals surface area contributed by atoms with Gasteiger partial charge in [-0.3, -0.25) is 4.79 Å². The number of rotatable bonds is 8. The zero-order valence-electron chi connectivity index (χ0n) is 16.0. The molecule has 2 rings (SSSR count). The first kappa shape index (κ1) is 21.0. The largest absolute Gasteiger partial charge is 0.493 e. The maximum atomic E-state index is 11.6.